The van der Waals surface area contributed by atoms with E-state index in [1.54, 1.807) is 24.3 Å². The molecular formula is C14H18ClN5OS. The Labute approximate surface area is 138 Å². The topological polar surface area (TPSA) is 70.2 Å². The van der Waals surface area contributed by atoms with Crippen molar-refractivity contribution in [2.75, 3.05) is 29.1 Å². The van der Waals surface area contributed by atoms with E-state index in [1.165, 1.54) is 11.3 Å². The Morgan fingerprint density at radius 3 is 2.82 bits per heavy atom. The van der Waals surface area contributed by atoms with E-state index in [2.05, 4.69) is 27.8 Å². The molecule has 8 heteroatoms. The summed E-state index contributed by atoms with van der Waals surface area (Å²) in [6, 6.07) is 6.64. The second-order valence-corrected chi connectivity index (χ2v) is 6.09. The third kappa shape index (κ3) is 4.57. The van der Waals surface area contributed by atoms with Crippen LogP contribution in [0.3, 0.4) is 0 Å². The number of anilines is 3. The van der Waals surface area contributed by atoms with Crippen molar-refractivity contribution in [3.63, 3.8) is 0 Å². The first kappa shape index (κ1) is 16.5. The standard InChI is InChI=1S/C14H18ClN5OS/c1-3-4-9-20(2)14-19-18-13(22-14)17-12(21)16-11-8-6-5-7-10(11)15/h5-8H,3-4,9H2,1-2H3,(H2,16,17,18,21). The van der Waals surface area contributed by atoms with E-state index >= 15 is 0 Å². The number of carbonyl (C=O) groups is 1. The Morgan fingerprint density at radius 1 is 1.32 bits per heavy atom. The summed E-state index contributed by atoms with van der Waals surface area (Å²) >= 11 is 7.32. The summed E-state index contributed by atoms with van der Waals surface area (Å²) in [6.07, 6.45) is 2.21. The number of carbonyl (C=O) groups excluding carboxylic acids is 1. The monoisotopic (exact) mass is 339 g/mol. The number of nitrogens with zero attached hydrogens (tertiary/aromatic N) is 3. The zero-order valence-corrected chi connectivity index (χ0v) is 14.0. The van der Waals surface area contributed by atoms with Gasteiger partial charge in [-0.15, -0.1) is 10.2 Å². The molecule has 2 amide bonds. The van der Waals surface area contributed by atoms with Gasteiger partial charge in [0.15, 0.2) is 0 Å². The third-order valence-electron chi connectivity index (χ3n) is 2.93. The van der Waals surface area contributed by atoms with Crippen LogP contribution in [0.4, 0.5) is 20.7 Å². The van der Waals surface area contributed by atoms with Crippen molar-refractivity contribution < 1.29 is 4.79 Å². The number of para-hydroxylation sites is 1. The van der Waals surface area contributed by atoms with Gasteiger partial charge < -0.3 is 10.2 Å². The maximum atomic E-state index is 11.9. The molecule has 0 aliphatic rings. The van der Waals surface area contributed by atoms with Gasteiger partial charge in [0, 0.05) is 13.6 Å². The minimum atomic E-state index is -0.396. The summed E-state index contributed by atoms with van der Waals surface area (Å²) in [5.41, 5.74) is 0.548. The van der Waals surface area contributed by atoms with Gasteiger partial charge in [-0.05, 0) is 18.6 Å². The summed E-state index contributed by atoms with van der Waals surface area (Å²) in [5.74, 6) is 0. The van der Waals surface area contributed by atoms with Gasteiger partial charge in [-0.1, -0.05) is 48.4 Å². The van der Waals surface area contributed by atoms with Gasteiger partial charge in [0.25, 0.3) is 0 Å². The van der Waals surface area contributed by atoms with Crippen molar-refractivity contribution in [3.8, 4) is 0 Å². The van der Waals surface area contributed by atoms with Crippen LogP contribution >= 0.6 is 22.9 Å². The maximum absolute atomic E-state index is 11.9. The first-order valence-corrected chi connectivity index (χ1v) is 8.16. The average Bonchev–Trinajstić information content (AvgIpc) is 2.95. The molecule has 2 N–H and O–H groups in total. The van der Waals surface area contributed by atoms with Gasteiger partial charge in [-0.25, -0.2) is 4.79 Å². The van der Waals surface area contributed by atoms with Crippen LogP contribution in [0.25, 0.3) is 0 Å². The van der Waals surface area contributed by atoms with Gasteiger partial charge >= 0.3 is 6.03 Å². The molecule has 0 atom stereocenters. The second-order valence-electron chi connectivity index (χ2n) is 4.72. The maximum Gasteiger partial charge on any atom is 0.325 e. The highest BCUT2D eigenvalue weighted by Gasteiger charge is 2.11. The molecule has 2 rings (SSSR count). The molecular weight excluding hydrogens is 322 g/mol. The van der Waals surface area contributed by atoms with E-state index in [4.69, 9.17) is 11.6 Å². The molecule has 0 fully saturated rings. The van der Waals surface area contributed by atoms with Crippen molar-refractivity contribution >= 4 is 44.9 Å². The molecule has 6 nitrogen and oxygen atoms in total. The van der Waals surface area contributed by atoms with Crippen LogP contribution in [0.5, 0.6) is 0 Å². The number of halogens is 1. The predicted octanol–water partition coefficient (Wildman–Crippen LogP) is 4.07. The summed E-state index contributed by atoms with van der Waals surface area (Å²) in [4.78, 5) is 14.0. The lowest BCUT2D eigenvalue weighted by Gasteiger charge is -2.13. The van der Waals surface area contributed by atoms with E-state index < -0.39 is 6.03 Å². The Kier molecular flexibility index (Phi) is 5.97. The molecule has 0 radical (unpaired) electrons. The Hall–Kier alpha value is -1.86. The summed E-state index contributed by atoms with van der Waals surface area (Å²) in [6.45, 7) is 3.05. The summed E-state index contributed by atoms with van der Waals surface area (Å²) < 4.78 is 0. The Morgan fingerprint density at radius 2 is 2.09 bits per heavy atom. The van der Waals surface area contributed by atoms with Gasteiger partial charge in [-0.2, -0.15) is 0 Å². The zero-order chi connectivity index (χ0) is 15.9. The number of amides is 2. The lowest BCUT2D eigenvalue weighted by atomic mass is 10.3. The highest BCUT2D eigenvalue weighted by Crippen LogP contribution is 2.24. The number of urea groups is 1. The van der Waals surface area contributed by atoms with Crippen LogP contribution < -0.4 is 15.5 Å². The minimum Gasteiger partial charge on any atom is -0.350 e. The molecule has 0 aliphatic carbocycles. The fraction of sp³-hybridized carbons (Fsp3) is 0.357. The van der Waals surface area contributed by atoms with Crippen molar-refractivity contribution in [1.29, 1.82) is 0 Å². The van der Waals surface area contributed by atoms with Crippen molar-refractivity contribution in [2.45, 2.75) is 19.8 Å². The highest BCUT2D eigenvalue weighted by atomic mass is 35.5. The molecule has 1 aromatic carbocycles. The molecule has 1 aromatic heterocycles. The van der Waals surface area contributed by atoms with Gasteiger partial charge in [0.2, 0.25) is 10.3 Å². The molecule has 0 saturated heterocycles. The smallest absolute Gasteiger partial charge is 0.325 e. The minimum absolute atomic E-state index is 0.396. The van der Waals surface area contributed by atoms with E-state index in [-0.39, 0.29) is 0 Å². The molecule has 0 spiro atoms. The van der Waals surface area contributed by atoms with Crippen LogP contribution in [0.1, 0.15) is 19.8 Å². The lowest BCUT2D eigenvalue weighted by molar-refractivity contribution is 0.262. The van der Waals surface area contributed by atoms with E-state index in [0.717, 1.165) is 24.5 Å². The third-order valence-corrected chi connectivity index (χ3v) is 4.21. The number of unbranched alkanes of at least 4 members (excludes halogenated alkanes) is 1. The molecule has 1 heterocycles. The highest BCUT2D eigenvalue weighted by molar-refractivity contribution is 7.19. The SMILES string of the molecule is CCCCN(C)c1nnc(NC(=O)Nc2ccccc2Cl)s1. The van der Waals surface area contributed by atoms with E-state index in [9.17, 15) is 4.79 Å². The fourth-order valence-corrected chi connectivity index (χ4v) is 2.63. The van der Waals surface area contributed by atoms with Crippen molar-refractivity contribution in [3.05, 3.63) is 29.3 Å². The molecule has 0 aliphatic heterocycles. The molecule has 0 unspecified atom stereocenters. The molecule has 0 bridgehead atoms. The van der Waals surface area contributed by atoms with Crippen LogP contribution in [0.2, 0.25) is 5.02 Å². The first-order chi connectivity index (χ1) is 10.6. The van der Waals surface area contributed by atoms with Crippen LogP contribution in [-0.4, -0.2) is 29.8 Å². The van der Waals surface area contributed by atoms with Crippen molar-refractivity contribution in [2.24, 2.45) is 0 Å². The number of hydrogen-bond acceptors (Lipinski definition) is 5. The number of aromatic nitrogens is 2. The number of hydrogen-bond donors (Lipinski definition) is 2. The predicted molar refractivity (Wildman–Crippen MR) is 92.2 cm³/mol. The first-order valence-electron chi connectivity index (χ1n) is 6.97. The number of nitrogens with one attached hydrogen (secondary N) is 2. The van der Waals surface area contributed by atoms with Gasteiger partial charge in [0.1, 0.15) is 0 Å². The Balaban J connectivity index is 1.92. The van der Waals surface area contributed by atoms with Crippen LogP contribution in [0.15, 0.2) is 24.3 Å². The van der Waals surface area contributed by atoms with Crippen molar-refractivity contribution in [1.82, 2.24) is 10.2 Å². The fourth-order valence-electron chi connectivity index (χ4n) is 1.72. The molecule has 118 valence electrons. The van der Waals surface area contributed by atoms with E-state index in [1.807, 2.05) is 11.9 Å². The second kappa shape index (κ2) is 7.95. The van der Waals surface area contributed by atoms with Gasteiger partial charge in [0.05, 0.1) is 10.7 Å². The van der Waals surface area contributed by atoms with Gasteiger partial charge in [-0.3, -0.25) is 5.32 Å². The van der Waals surface area contributed by atoms with E-state index in [0.29, 0.717) is 15.8 Å². The molecule has 2 aromatic rings. The lowest BCUT2D eigenvalue weighted by Crippen LogP contribution is -2.19. The largest absolute Gasteiger partial charge is 0.350 e. The van der Waals surface area contributed by atoms with Crippen LogP contribution in [-0.2, 0) is 0 Å². The average molecular weight is 340 g/mol. The van der Waals surface area contributed by atoms with Crippen LogP contribution in [0, 0.1) is 0 Å². The quantitative estimate of drug-likeness (QED) is 0.832. The molecule has 0 saturated carbocycles. The Bertz CT molecular complexity index is 633. The number of benzene rings is 1. The molecule has 22 heavy (non-hydrogen) atoms. The summed E-state index contributed by atoms with van der Waals surface area (Å²) in [7, 11) is 1.96. The number of rotatable bonds is 6. The zero-order valence-electron chi connectivity index (χ0n) is 12.5. The summed E-state index contributed by atoms with van der Waals surface area (Å²) in [5, 5.41) is 15.1. The normalized spacial score (nSPS) is 10.3.